The number of halogens is 1. The Morgan fingerprint density at radius 1 is 1.41 bits per heavy atom. The number of hydrogen-bond donors (Lipinski definition) is 1. The molecule has 0 atom stereocenters. The minimum absolute atomic E-state index is 0.186. The van der Waals surface area contributed by atoms with Crippen molar-refractivity contribution in [2.75, 3.05) is 12.8 Å². The molecule has 17 heavy (non-hydrogen) atoms. The number of amides is 1. The molecule has 0 heterocycles. The van der Waals surface area contributed by atoms with Crippen molar-refractivity contribution in [3.8, 4) is 0 Å². The van der Waals surface area contributed by atoms with Gasteiger partial charge in [0, 0.05) is 18.8 Å². The molecule has 0 bridgehead atoms. The Labute approximate surface area is 100 Å². The number of carbonyl (C=O) groups excluding carboxylic acids is 1. The van der Waals surface area contributed by atoms with E-state index in [1.807, 2.05) is 0 Å². The molecular formula is C13H17FN2O. The highest BCUT2D eigenvalue weighted by atomic mass is 19.1. The van der Waals surface area contributed by atoms with Crippen LogP contribution in [0.1, 0.15) is 36.0 Å². The van der Waals surface area contributed by atoms with Gasteiger partial charge in [0.2, 0.25) is 0 Å². The Bertz CT molecular complexity index is 427. The Morgan fingerprint density at radius 2 is 2.06 bits per heavy atom. The monoisotopic (exact) mass is 236 g/mol. The van der Waals surface area contributed by atoms with Gasteiger partial charge in [-0.15, -0.1) is 0 Å². The molecule has 1 amide bonds. The molecule has 0 aliphatic heterocycles. The first kappa shape index (κ1) is 11.9. The highest BCUT2D eigenvalue weighted by Crippen LogP contribution is 2.25. The summed E-state index contributed by atoms with van der Waals surface area (Å²) in [5, 5.41) is 0. The topological polar surface area (TPSA) is 46.3 Å². The van der Waals surface area contributed by atoms with Crippen LogP contribution in [0.3, 0.4) is 0 Å². The average molecular weight is 236 g/mol. The van der Waals surface area contributed by atoms with Crippen LogP contribution >= 0.6 is 0 Å². The molecule has 1 aromatic carbocycles. The highest BCUT2D eigenvalue weighted by molar-refractivity contribution is 5.99. The summed E-state index contributed by atoms with van der Waals surface area (Å²) in [7, 11) is 1.77. The van der Waals surface area contributed by atoms with Gasteiger partial charge in [-0.25, -0.2) is 4.39 Å². The molecular weight excluding hydrogens is 219 g/mol. The maximum absolute atomic E-state index is 13.1. The zero-order chi connectivity index (χ0) is 12.4. The summed E-state index contributed by atoms with van der Waals surface area (Å²) in [5.41, 5.74) is 6.31. The molecule has 1 aromatic rings. The second-order valence-electron chi connectivity index (χ2n) is 4.59. The Morgan fingerprint density at radius 3 is 2.71 bits per heavy atom. The number of rotatable bonds is 2. The first-order valence-corrected chi connectivity index (χ1v) is 5.92. The van der Waals surface area contributed by atoms with Gasteiger partial charge in [0.25, 0.3) is 5.91 Å². The van der Waals surface area contributed by atoms with Crippen LogP contribution in [0.2, 0.25) is 0 Å². The van der Waals surface area contributed by atoms with Crippen molar-refractivity contribution in [3.63, 3.8) is 0 Å². The van der Waals surface area contributed by atoms with E-state index < -0.39 is 5.82 Å². The Kier molecular flexibility index (Phi) is 3.31. The minimum Gasteiger partial charge on any atom is -0.398 e. The molecule has 1 aliphatic rings. The summed E-state index contributed by atoms with van der Waals surface area (Å²) >= 11 is 0. The van der Waals surface area contributed by atoms with Gasteiger partial charge in [-0.05, 0) is 31.0 Å². The van der Waals surface area contributed by atoms with E-state index >= 15 is 0 Å². The van der Waals surface area contributed by atoms with Crippen molar-refractivity contribution < 1.29 is 9.18 Å². The molecule has 4 heteroatoms. The lowest BCUT2D eigenvalue weighted by Gasteiger charge is -2.24. The summed E-state index contributed by atoms with van der Waals surface area (Å²) in [6.07, 6.45) is 4.36. The molecule has 1 fully saturated rings. The van der Waals surface area contributed by atoms with Crippen LogP contribution in [0.5, 0.6) is 0 Å². The zero-order valence-electron chi connectivity index (χ0n) is 9.95. The van der Waals surface area contributed by atoms with Crippen molar-refractivity contribution in [2.45, 2.75) is 31.7 Å². The van der Waals surface area contributed by atoms with Gasteiger partial charge < -0.3 is 10.6 Å². The number of nitrogens with two attached hydrogens (primary N) is 1. The lowest BCUT2D eigenvalue weighted by Crippen LogP contribution is -2.35. The largest absolute Gasteiger partial charge is 0.398 e. The van der Waals surface area contributed by atoms with Crippen LogP contribution in [-0.4, -0.2) is 23.9 Å². The third-order valence-corrected chi connectivity index (χ3v) is 3.44. The quantitative estimate of drug-likeness (QED) is 0.801. The lowest BCUT2D eigenvalue weighted by molar-refractivity contribution is 0.0736. The fourth-order valence-corrected chi connectivity index (χ4v) is 2.36. The van der Waals surface area contributed by atoms with Gasteiger partial charge in [0.15, 0.2) is 0 Å². The predicted octanol–water partition coefficient (Wildman–Crippen LogP) is 2.42. The standard InChI is InChI=1S/C13H17FN2O/c1-16(10-4-2-3-5-10)13(17)11-8-9(14)6-7-12(11)15/h6-8,10H,2-5,15H2,1H3. The van der Waals surface area contributed by atoms with Crippen LogP contribution in [0.15, 0.2) is 18.2 Å². The third kappa shape index (κ3) is 2.40. The van der Waals surface area contributed by atoms with Crippen molar-refractivity contribution in [2.24, 2.45) is 0 Å². The minimum atomic E-state index is -0.428. The lowest BCUT2D eigenvalue weighted by atomic mass is 10.1. The molecule has 0 radical (unpaired) electrons. The van der Waals surface area contributed by atoms with Crippen molar-refractivity contribution in [3.05, 3.63) is 29.6 Å². The van der Waals surface area contributed by atoms with E-state index in [9.17, 15) is 9.18 Å². The second-order valence-corrected chi connectivity index (χ2v) is 4.59. The first-order chi connectivity index (χ1) is 8.09. The van der Waals surface area contributed by atoms with E-state index in [-0.39, 0.29) is 17.5 Å². The molecule has 0 unspecified atom stereocenters. The second kappa shape index (κ2) is 4.73. The predicted molar refractivity (Wildman–Crippen MR) is 65.2 cm³/mol. The molecule has 2 rings (SSSR count). The van der Waals surface area contributed by atoms with E-state index in [1.54, 1.807) is 11.9 Å². The van der Waals surface area contributed by atoms with Crippen LogP contribution in [0.4, 0.5) is 10.1 Å². The fourth-order valence-electron chi connectivity index (χ4n) is 2.36. The first-order valence-electron chi connectivity index (χ1n) is 5.92. The van der Waals surface area contributed by atoms with Crippen molar-refractivity contribution >= 4 is 11.6 Å². The van der Waals surface area contributed by atoms with Crippen LogP contribution in [-0.2, 0) is 0 Å². The molecule has 3 nitrogen and oxygen atoms in total. The van der Waals surface area contributed by atoms with Gasteiger partial charge in [-0.2, -0.15) is 0 Å². The molecule has 2 N–H and O–H groups in total. The molecule has 0 spiro atoms. The third-order valence-electron chi connectivity index (χ3n) is 3.44. The van der Waals surface area contributed by atoms with Gasteiger partial charge in [-0.3, -0.25) is 4.79 Å². The zero-order valence-corrected chi connectivity index (χ0v) is 9.95. The summed E-state index contributed by atoms with van der Waals surface area (Å²) in [5.74, 6) is -0.615. The highest BCUT2D eigenvalue weighted by Gasteiger charge is 2.25. The van der Waals surface area contributed by atoms with Gasteiger partial charge in [0.05, 0.1) is 5.56 Å². The SMILES string of the molecule is CN(C(=O)c1cc(F)ccc1N)C1CCCC1. The number of hydrogen-bond acceptors (Lipinski definition) is 2. The molecule has 0 aromatic heterocycles. The molecule has 0 saturated heterocycles. The van der Waals surface area contributed by atoms with Crippen molar-refractivity contribution in [1.82, 2.24) is 4.90 Å². The summed E-state index contributed by atoms with van der Waals surface area (Å²) < 4.78 is 13.1. The maximum atomic E-state index is 13.1. The number of benzene rings is 1. The van der Waals surface area contributed by atoms with Crippen molar-refractivity contribution in [1.29, 1.82) is 0 Å². The van der Waals surface area contributed by atoms with Crippen LogP contribution in [0, 0.1) is 5.82 Å². The smallest absolute Gasteiger partial charge is 0.256 e. The summed E-state index contributed by atoms with van der Waals surface area (Å²) in [6, 6.07) is 4.18. The Hall–Kier alpha value is -1.58. The van der Waals surface area contributed by atoms with Gasteiger partial charge in [0.1, 0.15) is 5.82 Å². The number of nitrogens with zero attached hydrogens (tertiary/aromatic N) is 1. The number of anilines is 1. The van der Waals surface area contributed by atoms with E-state index in [1.165, 1.54) is 18.2 Å². The van der Waals surface area contributed by atoms with Crippen LogP contribution in [0.25, 0.3) is 0 Å². The van der Waals surface area contributed by atoms with Crippen LogP contribution < -0.4 is 5.73 Å². The number of nitrogen functional groups attached to an aromatic ring is 1. The maximum Gasteiger partial charge on any atom is 0.256 e. The van der Waals surface area contributed by atoms with E-state index in [0.29, 0.717) is 5.69 Å². The van der Waals surface area contributed by atoms with E-state index in [0.717, 1.165) is 25.7 Å². The van der Waals surface area contributed by atoms with E-state index in [2.05, 4.69) is 0 Å². The van der Waals surface area contributed by atoms with Gasteiger partial charge in [-0.1, -0.05) is 12.8 Å². The molecule has 92 valence electrons. The van der Waals surface area contributed by atoms with Gasteiger partial charge >= 0.3 is 0 Å². The summed E-state index contributed by atoms with van der Waals surface area (Å²) in [6.45, 7) is 0. The molecule has 1 aliphatic carbocycles. The average Bonchev–Trinajstić information content (AvgIpc) is 2.84. The normalized spacial score (nSPS) is 16.1. The van der Waals surface area contributed by atoms with E-state index in [4.69, 9.17) is 5.73 Å². The number of carbonyl (C=O) groups is 1. The fraction of sp³-hybridized carbons (Fsp3) is 0.462. The molecule has 1 saturated carbocycles. The Balaban J connectivity index is 2.20. The summed E-state index contributed by atoms with van der Waals surface area (Å²) in [4.78, 5) is 13.9.